The number of alkyl halides is 1. The van der Waals surface area contributed by atoms with E-state index in [1.54, 1.807) is 0 Å². The molecule has 0 aliphatic carbocycles. The van der Waals surface area contributed by atoms with Crippen LogP contribution >= 0.6 is 22.9 Å². The fourth-order valence-corrected chi connectivity index (χ4v) is 2.10. The van der Waals surface area contributed by atoms with Crippen molar-refractivity contribution >= 4 is 33.9 Å². The van der Waals surface area contributed by atoms with Crippen molar-refractivity contribution in [2.45, 2.75) is 5.88 Å². The van der Waals surface area contributed by atoms with Crippen LogP contribution in [0.4, 0.5) is 0 Å². The number of fused-ring (bicyclic) bond motifs is 1. The monoisotopic (exact) mass is 244 g/mol. The van der Waals surface area contributed by atoms with Crippen LogP contribution in [0.2, 0.25) is 0 Å². The van der Waals surface area contributed by atoms with Crippen LogP contribution in [0.1, 0.15) is 15.4 Å². The molecule has 1 N–H and O–H groups in total. The van der Waals surface area contributed by atoms with Crippen molar-refractivity contribution in [3.63, 3.8) is 0 Å². The molecule has 0 aromatic carbocycles. The summed E-state index contributed by atoms with van der Waals surface area (Å²) in [5.74, 6) is -0.941. The highest BCUT2D eigenvalue weighted by molar-refractivity contribution is 7.18. The molecule has 0 saturated heterocycles. The summed E-state index contributed by atoms with van der Waals surface area (Å²) in [6.07, 6.45) is 1.26. The lowest BCUT2D eigenvalue weighted by molar-refractivity contribution is 0.0702. The number of hydrogen-bond donors (Lipinski definition) is 1. The molecule has 0 aliphatic rings. The van der Waals surface area contributed by atoms with Gasteiger partial charge in [-0.2, -0.15) is 0 Å². The van der Waals surface area contributed by atoms with Crippen molar-refractivity contribution in [1.29, 1.82) is 0 Å². The van der Waals surface area contributed by atoms with E-state index in [1.165, 1.54) is 16.7 Å². The maximum absolute atomic E-state index is 11.5. The van der Waals surface area contributed by atoms with Gasteiger partial charge in [-0.25, -0.2) is 9.78 Å². The van der Waals surface area contributed by atoms with Gasteiger partial charge in [-0.15, -0.1) is 11.6 Å². The third-order valence-electron chi connectivity index (χ3n) is 1.77. The Kier molecular flexibility index (Phi) is 2.45. The van der Waals surface area contributed by atoms with Crippen molar-refractivity contribution < 1.29 is 9.90 Å². The van der Waals surface area contributed by atoms with E-state index in [0.717, 1.165) is 11.3 Å². The minimum atomic E-state index is -1.07. The molecule has 2 rings (SSSR count). The van der Waals surface area contributed by atoms with Gasteiger partial charge in [0, 0.05) is 12.3 Å². The van der Waals surface area contributed by atoms with Gasteiger partial charge < -0.3 is 5.11 Å². The molecule has 0 fully saturated rings. The number of halogens is 1. The van der Waals surface area contributed by atoms with Crippen molar-refractivity contribution in [2.24, 2.45) is 0 Å². The predicted molar refractivity (Wildman–Crippen MR) is 55.9 cm³/mol. The molecule has 0 spiro atoms. The van der Waals surface area contributed by atoms with Crippen LogP contribution < -0.4 is 5.56 Å². The van der Waals surface area contributed by atoms with E-state index >= 15 is 0 Å². The van der Waals surface area contributed by atoms with Gasteiger partial charge in [0.15, 0.2) is 4.96 Å². The van der Waals surface area contributed by atoms with E-state index in [2.05, 4.69) is 4.98 Å². The molecule has 2 aromatic rings. The fourth-order valence-electron chi connectivity index (χ4n) is 1.12. The Hall–Kier alpha value is -1.40. The lowest BCUT2D eigenvalue weighted by Gasteiger charge is -1.93. The topological polar surface area (TPSA) is 71.7 Å². The van der Waals surface area contributed by atoms with Gasteiger partial charge >= 0.3 is 5.97 Å². The predicted octanol–water partition coefficient (Wildman–Crippen LogP) is 1.19. The first-order valence-corrected chi connectivity index (χ1v) is 5.28. The summed E-state index contributed by atoms with van der Waals surface area (Å²) in [7, 11) is 0. The van der Waals surface area contributed by atoms with Crippen LogP contribution in [-0.2, 0) is 5.88 Å². The first kappa shape index (κ1) is 10.1. The molecule has 2 aromatic heterocycles. The smallest absolute Gasteiger partial charge is 0.347 e. The molecule has 15 heavy (non-hydrogen) atoms. The summed E-state index contributed by atoms with van der Waals surface area (Å²) in [5.41, 5.74) is 0.125. The van der Waals surface area contributed by atoms with E-state index in [9.17, 15) is 9.59 Å². The molecule has 0 amide bonds. The highest BCUT2D eigenvalue weighted by Gasteiger charge is 2.11. The van der Waals surface area contributed by atoms with Gasteiger partial charge in [-0.3, -0.25) is 9.20 Å². The summed E-state index contributed by atoms with van der Waals surface area (Å²) >= 11 is 6.49. The zero-order valence-electron chi connectivity index (χ0n) is 7.31. The highest BCUT2D eigenvalue weighted by Crippen LogP contribution is 2.14. The maximum Gasteiger partial charge on any atom is 0.347 e. The Morgan fingerprint density at radius 1 is 1.67 bits per heavy atom. The van der Waals surface area contributed by atoms with Crippen LogP contribution in [0.25, 0.3) is 4.96 Å². The zero-order valence-corrected chi connectivity index (χ0v) is 8.88. The summed E-state index contributed by atoms with van der Waals surface area (Å²) in [4.78, 5) is 26.6. The Balaban J connectivity index is 2.75. The van der Waals surface area contributed by atoms with Crippen molar-refractivity contribution in [2.75, 3.05) is 0 Å². The number of nitrogens with zero attached hydrogens (tertiary/aromatic N) is 2. The van der Waals surface area contributed by atoms with Crippen LogP contribution in [0.15, 0.2) is 17.1 Å². The van der Waals surface area contributed by atoms with Gasteiger partial charge in [-0.05, 0) is 0 Å². The first-order valence-electron chi connectivity index (χ1n) is 3.93. The second-order valence-corrected chi connectivity index (χ2v) is 4.05. The van der Waals surface area contributed by atoms with Gasteiger partial charge in [0.25, 0.3) is 5.56 Å². The van der Waals surface area contributed by atoms with E-state index in [0.29, 0.717) is 10.7 Å². The average molecular weight is 245 g/mol. The van der Waals surface area contributed by atoms with Crippen LogP contribution in [0, 0.1) is 0 Å². The molecule has 0 aliphatic heterocycles. The van der Waals surface area contributed by atoms with Crippen molar-refractivity contribution in [3.05, 3.63) is 33.2 Å². The molecule has 78 valence electrons. The van der Waals surface area contributed by atoms with Crippen LogP contribution in [0.3, 0.4) is 0 Å². The minimum absolute atomic E-state index is 0.0753. The SMILES string of the molecule is O=C(O)c1cn2c(=O)cc(CCl)nc2s1. The summed E-state index contributed by atoms with van der Waals surface area (Å²) < 4.78 is 1.20. The number of carboxylic acids is 1. The zero-order chi connectivity index (χ0) is 11.0. The number of rotatable bonds is 2. The standard InChI is InChI=1S/C8H5ClN2O3S/c9-2-4-1-6(12)11-3-5(7(13)14)15-8(11)10-4/h1,3H,2H2,(H,13,14). The molecule has 0 bridgehead atoms. The number of hydrogen-bond acceptors (Lipinski definition) is 4. The quantitative estimate of drug-likeness (QED) is 0.806. The number of thiazole rings is 1. The fraction of sp³-hybridized carbons (Fsp3) is 0.125. The summed E-state index contributed by atoms with van der Waals surface area (Å²) in [6, 6.07) is 1.29. The second-order valence-electron chi connectivity index (χ2n) is 2.77. The maximum atomic E-state index is 11.5. The normalized spacial score (nSPS) is 10.7. The molecule has 0 atom stereocenters. The molecule has 0 unspecified atom stereocenters. The van der Waals surface area contributed by atoms with E-state index < -0.39 is 5.97 Å². The van der Waals surface area contributed by atoms with Gasteiger partial charge in [0.05, 0.1) is 11.6 Å². The summed E-state index contributed by atoms with van der Waals surface area (Å²) in [6.45, 7) is 0. The second kappa shape index (κ2) is 3.63. The molecule has 7 heteroatoms. The Morgan fingerprint density at radius 2 is 2.40 bits per heavy atom. The lowest BCUT2D eigenvalue weighted by atomic mass is 10.4. The number of aromatic carboxylic acids is 1. The number of aromatic nitrogens is 2. The van der Waals surface area contributed by atoms with E-state index in [4.69, 9.17) is 16.7 Å². The van der Waals surface area contributed by atoms with Gasteiger partial charge in [0.2, 0.25) is 0 Å². The van der Waals surface area contributed by atoms with Gasteiger partial charge in [-0.1, -0.05) is 11.3 Å². The van der Waals surface area contributed by atoms with E-state index in [1.807, 2.05) is 0 Å². The lowest BCUT2D eigenvalue weighted by Crippen LogP contribution is -2.12. The first-order chi connectivity index (χ1) is 7.11. The summed E-state index contributed by atoms with van der Waals surface area (Å²) in [5, 5.41) is 8.74. The molecule has 2 heterocycles. The van der Waals surface area contributed by atoms with Crippen molar-refractivity contribution in [1.82, 2.24) is 9.38 Å². The van der Waals surface area contributed by atoms with Gasteiger partial charge in [0.1, 0.15) is 4.88 Å². The van der Waals surface area contributed by atoms with Crippen LogP contribution in [0.5, 0.6) is 0 Å². The molecule has 5 nitrogen and oxygen atoms in total. The Morgan fingerprint density at radius 3 is 3.00 bits per heavy atom. The third-order valence-corrected chi connectivity index (χ3v) is 3.01. The Labute approximate surface area is 92.6 Å². The Bertz CT molecular complexity index is 589. The minimum Gasteiger partial charge on any atom is -0.477 e. The third kappa shape index (κ3) is 1.73. The molecular formula is C8H5ClN2O3S. The molecule has 0 saturated carbocycles. The number of carboxylic acid groups (broad SMARTS) is 1. The largest absolute Gasteiger partial charge is 0.477 e. The van der Waals surface area contributed by atoms with E-state index in [-0.39, 0.29) is 16.3 Å². The highest BCUT2D eigenvalue weighted by atomic mass is 35.5. The number of carbonyl (C=O) groups is 1. The molecule has 0 radical (unpaired) electrons. The van der Waals surface area contributed by atoms with Crippen molar-refractivity contribution in [3.8, 4) is 0 Å². The average Bonchev–Trinajstić information content (AvgIpc) is 2.61. The molecular weight excluding hydrogens is 240 g/mol. The van der Waals surface area contributed by atoms with Crippen LogP contribution in [-0.4, -0.2) is 20.5 Å².